The summed E-state index contributed by atoms with van der Waals surface area (Å²) in [5, 5.41) is 15.2. The van der Waals surface area contributed by atoms with Gasteiger partial charge in [0.15, 0.2) is 6.61 Å². The van der Waals surface area contributed by atoms with E-state index in [1.807, 2.05) is 17.5 Å². The van der Waals surface area contributed by atoms with Crippen molar-refractivity contribution in [2.75, 3.05) is 17.7 Å². The first kappa shape index (κ1) is 18.9. The summed E-state index contributed by atoms with van der Waals surface area (Å²) in [6.45, 7) is 1.25. The van der Waals surface area contributed by atoms with E-state index in [0.29, 0.717) is 11.3 Å². The van der Waals surface area contributed by atoms with E-state index in [2.05, 4.69) is 5.32 Å². The molecule has 1 N–H and O–H groups in total. The number of nitro groups is 1. The van der Waals surface area contributed by atoms with Gasteiger partial charge in [0.2, 0.25) is 0 Å². The molecule has 0 atom stereocenters. The number of hydrogen-bond acceptors (Lipinski definition) is 7. The van der Waals surface area contributed by atoms with Crippen LogP contribution in [0.25, 0.3) is 0 Å². The van der Waals surface area contributed by atoms with E-state index in [-0.39, 0.29) is 11.4 Å². The molecule has 0 aliphatic carbocycles. The topological polar surface area (TPSA) is 98.5 Å². The van der Waals surface area contributed by atoms with Crippen LogP contribution in [-0.2, 0) is 20.1 Å². The highest BCUT2D eigenvalue weighted by atomic mass is 32.2. The zero-order valence-corrected chi connectivity index (χ0v) is 15.0. The maximum absolute atomic E-state index is 11.8. The number of carbonyl (C=O) groups is 2. The Labute approximate surface area is 152 Å². The van der Waals surface area contributed by atoms with Crippen LogP contribution in [-0.4, -0.2) is 29.2 Å². The van der Waals surface area contributed by atoms with Gasteiger partial charge in [-0.05, 0) is 30.0 Å². The lowest BCUT2D eigenvalue weighted by Crippen LogP contribution is -2.22. The number of hydrogen-bond donors (Lipinski definition) is 1. The molecular formula is C16H16N2O5S2. The molecule has 0 radical (unpaired) electrons. The number of aryl methyl sites for hydroxylation is 1. The summed E-state index contributed by atoms with van der Waals surface area (Å²) in [5.74, 6) is -0.0615. The lowest BCUT2D eigenvalue weighted by Gasteiger charge is -2.08. The van der Waals surface area contributed by atoms with Crippen LogP contribution in [0.1, 0.15) is 10.4 Å². The fourth-order valence-electron chi connectivity index (χ4n) is 1.91. The smallest absolute Gasteiger partial charge is 0.316 e. The van der Waals surface area contributed by atoms with Crippen LogP contribution in [0.3, 0.4) is 0 Å². The molecule has 0 fully saturated rings. The number of carbonyl (C=O) groups excluding carboxylic acids is 2. The summed E-state index contributed by atoms with van der Waals surface area (Å²) in [5.41, 5.74) is 0.948. The fraction of sp³-hybridized carbons (Fsp3) is 0.250. The molecule has 2 rings (SSSR count). The molecule has 1 amide bonds. The number of thioether (sulfide) groups is 1. The lowest BCUT2D eigenvalue weighted by molar-refractivity contribution is -0.384. The zero-order chi connectivity index (χ0) is 18.2. The molecule has 0 aliphatic heterocycles. The van der Waals surface area contributed by atoms with Crippen molar-refractivity contribution in [3.8, 4) is 0 Å². The Balaban J connectivity index is 1.72. The van der Waals surface area contributed by atoms with Crippen molar-refractivity contribution in [1.82, 2.24) is 0 Å². The molecule has 0 saturated carbocycles. The highest BCUT2D eigenvalue weighted by Gasteiger charge is 2.12. The quantitative estimate of drug-likeness (QED) is 0.428. The number of anilines is 1. The first-order valence-corrected chi connectivity index (χ1v) is 9.30. The van der Waals surface area contributed by atoms with Gasteiger partial charge >= 0.3 is 5.97 Å². The first-order chi connectivity index (χ1) is 12.0. The van der Waals surface area contributed by atoms with Crippen molar-refractivity contribution >= 4 is 46.3 Å². The van der Waals surface area contributed by atoms with E-state index < -0.39 is 23.4 Å². The van der Waals surface area contributed by atoms with Crippen LogP contribution >= 0.6 is 23.1 Å². The summed E-state index contributed by atoms with van der Waals surface area (Å²) < 4.78 is 4.92. The fourth-order valence-corrected chi connectivity index (χ4v) is 3.57. The highest BCUT2D eigenvalue weighted by Crippen LogP contribution is 2.21. The number of nitro benzene ring substituents is 1. The van der Waals surface area contributed by atoms with Crippen LogP contribution in [0.4, 0.5) is 11.4 Å². The third-order valence-electron chi connectivity index (χ3n) is 3.10. The molecule has 25 heavy (non-hydrogen) atoms. The third-order valence-corrected chi connectivity index (χ3v) is 5.12. The van der Waals surface area contributed by atoms with Gasteiger partial charge in [-0.25, -0.2) is 0 Å². The van der Waals surface area contributed by atoms with E-state index in [4.69, 9.17) is 4.74 Å². The Kier molecular flexibility index (Phi) is 6.96. The van der Waals surface area contributed by atoms with Crippen LogP contribution < -0.4 is 5.32 Å². The van der Waals surface area contributed by atoms with Crippen molar-refractivity contribution in [1.29, 1.82) is 0 Å². The van der Waals surface area contributed by atoms with Gasteiger partial charge < -0.3 is 10.1 Å². The van der Waals surface area contributed by atoms with E-state index in [1.54, 1.807) is 18.3 Å². The van der Waals surface area contributed by atoms with Crippen molar-refractivity contribution in [2.24, 2.45) is 0 Å². The van der Waals surface area contributed by atoms with E-state index in [9.17, 15) is 19.7 Å². The number of thiophene rings is 1. The highest BCUT2D eigenvalue weighted by molar-refractivity contribution is 7.99. The number of amides is 1. The second-order valence-electron chi connectivity index (χ2n) is 5.04. The number of nitrogens with one attached hydrogen (secondary N) is 1. The van der Waals surface area contributed by atoms with Gasteiger partial charge in [0.25, 0.3) is 11.6 Å². The molecule has 1 aromatic carbocycles. The molecule has 9 heteroatoms. The predicted molar refractivity (Wildman–Crippen MR) is 97.9 cm³/mol. The maximum Gasteiger partial charge on any atom is 0.316 e. The largest absolute Gasteiger partial charge is 0.455 e. The monoisotopic (exact) mass is 380 g/mol. The van der Waals surface area contributed by atoms with Gasteiger partial charge in [0, 0.05) is 28.5 Å². The molecule has 1 heterocycles. The van der Waals surface area contributed by atoms with Crippen molar-refractivity contribution in [3.63, 3.8) is 0 Å². The minimum Gasteiger partial charge on any atom is -0.455 e. The van der Waals surface area contributed by atoms with Crippen molar-refractivity contribution < 1.29 is 19.2 Å². The summed E-state index contributed by atoms with van der Waals surface area (Å²) in [6.07, 6.45) is 0. The first-order valence-electron chi connectivity index (χ1n) is 7.26. The molecule has 0 spiro atoms. The molecule has 7 nitrogen and oxygen atoms in total. The number of benzene rings is 1. The average Bonchev–Trinajstić information content (AvgIpc) is 3.08. The number of non-ortho nitro benzene ring substituents is 1. The average molecular weight is 380 g/mol. The Morgan fingerprint density at radius 1 is 1.36 bits per heavy atom. The van der Waals surface area contributed by atoms with E-state index >= 15 is 0 Å². The second kappa shape index (κ2) is 9.19. The number of esters is 1. The standard InChI is InChI=1S/C16H16N2O5S2/c1-11-7-12(18(21)22)4-5-14(11)17-15(19)8-23-16(20)10-24-9-13-3-2-6-25-13/h2-7H,8-10H2,1H3,(H,17,19). The molecule has 1 aromatic heterocycles. The Morgan fingerprint density at radius 3 is 2.80 bits per heavy atom. The number of rotatable bonds is 8. The van der Waals surface area contributed by atoms with Crippen molar-refractivity contribution in [2.45, 2.75) is 12.7 Å². The van der Waals surface area contributed by atoms with Crippen LogP contribution in [0, 0.1) is 17.0 Å². The summed E-state index contributed by atoms with van der Waals surface area (Å²) in [6, 6.07) is 8.05. The number of ether oxygens (including phenoxy) is 1. The van der Waals surface area contributed by atoms with E-state index in [1.165, 1.54) is 34.8 Å². The van der Waals surface area contributed by atoms with Crippen molar-refractivity contribution in [3.05, 3.63) is 56.3 Å². The van der Waals surface area contributed by atoms with Crippen LogP contribution in [0.2, 0.25) is 0 Å². The van der Waals surface area contributed by atoms with E-state index in [0.717, 1.165) is 5.75 Å². The van der Waals surface area contributed by atoms with Gasteiger partial charge in [0.05, 0.1) is 10.7 Å². The van der Waals surface area contributed by atoms with Gasteiger partial charge in [-0.1, -0.05) is 6.07 Å². The molecule has 0 bridgehead atoms. The maximum atomic E-state index is 11.8. The molecule has 132 valence electrons. The second-order valence-corrected chi connectivity index (χ2v) is 7.06. The van der Waals surface area contributed by atoms with Crippen LogP contribution in [0.15, 0.2) is 35.7 Å². The summed E-state index contributed by atoms with van der Waals surface area (Å²) in [4.78, 5) is 34.8. The van der Waals surface area contributed by atoms with Gasteiger partial charge in [-0.2, -0.15) is 0 Å². The lowest BCUT2D eigenvalue weighted by atomic mass is 10.2. The summed E-state index contributed by atoms with van der Waals surface area (Å²) >= 11 is 3.04. The summed E-state index contributed by atoms with van der Waals surface area (Å²) in [7, 11) is 0. The zero-order valence-electron chi connectivity index (χ0n) is 13.4. The van der Waals surface area contributed by atoms with Gasteiger partial charge in [0.1, 0.15) is 0 Å². The Bertz CT molecular complexity index is 762. The number of nitrogens with zero attached hydrogens (tertiary/aromatic N) is 1. The Hall–Kier alpha value is -2.39. The Morgan fingerprint density at radius 2 is 2.16 bits per heavy atom. The van der Waals surface area contributed by atoms with Gasteiger partial charge in [-0.15, -0.1) is 23.1 Å². The molecule has 0 saturated heterocycles. The molecule has 0 unspecified atom stereocenters. The van der Waals surface area contributed by atoms with Gasteiger partial charge in [-0.3, -0.25) is 19.7 Å². The van der Waals surface area contributed by atoms with Crippen LogP contribution in [0.5, 0.6) is 0 Å². The molecule has 0 aliphatic rings. The molecule has 2 aromatic rings. The minimum atomic E-state index is -0.506. The third kappa shape index (κ3) is 6.20. The predicted octanol–water partition coefficient (Wildman–Crippen LogP) is 3.38. The molecular weight excluding hydrogens is 364 g/mol. The minimum absolute atomic E-state index is 0.0512. The SMILES string of the molecule is Cc1cc([N+](=O)[O-])ccc1NC(=O)COC(=O)CSCc1cccs1. The normalized spacial score (nSPS) is 10.3.